The molecule has 0 amide bonds. The molecule has 0 radical (unpaired) electrons. The Bertz CT molecular complexity index is 694. The summed E-state index contributed by atoms with van der Waals surface area (Å²) >= 11 is 1.53. The standard InChI is InChI=1S/C15H14FN3OS/c1-19(10-13-3-2-8-20-13)15-18-17-14(21-15)9-11-4-6-12(16)7-5-11/h2-8H,9-10H2,1H3. The Morgan fingerprint density at radius 2 is 2.00 bits per heavy atom. The highest BCUT2D eigenvalue weighted by atomic mass is 32.1. The number of furan rings is 1. The zero-order chi connectivity index (χ0) is 14.7. The molecule has 0 aliphatic carbocycles. The summed E-state index contributed by atoms with van der Waals surface area (Å²) in [4.78, 5) is 1.99. The molecule has 108 valence electrons. The zero-order valence-corrected chi connectivity index (χ0v) is 12.3. The molecule has 6 heteroatoms. The summed E-state index contributed by atoms with van der Waals surface area (Å²) in [6.45, 7) is 0.651. The Kier molecular flexibility index (Phi) is 3.96. The van der Waals surface area contributed by atoms with Crippen molar-refractivity contribution in [3.63, 3.8) is 0 Å². The van der Waals surface area contributed by atoms with Crippen molar-refractivity contribution in [2.45, 2.75) is 13.0 Å². The lowest BCUT2D eigenvalue weighted by atomic mass is 10.2. The predicted octanol–water partition coefficient (Wildman–Crippen LogP) is 3.50. The molecule has 0 atom stereocenters. The third kappa shape index (κ3) is 3.46. The number of anilines is 1. The lowest BCUT2D eigenvalue weighted by Crippen LogP contribution is -2.15. The maximum Gasteiger partial charge on any atom is 0.208 e. The Hall–Kier alpha value is -2.21. The number of halogens is 1. The van der Waals surface area contributed by atoms with Crippen molar-refractivity contribution in [2.24, 2.45) is 0 Å². The quantitative estimate of drug-likeness (QED) is 0.723. The van der Waals surface area contributed by atoms with Crippen LogP contribution >= 0.6 is 11.3 Å². The van der Waals surface area contributed by atoms with Crippen molar-refractivity contribution in [1.82, 2.24) is 10.2 Å². The molecule has 0 aliphatic rings. The van der Waals surface area contributed by atoms with Crippen molar-refractivity contribution >= 4 is 16.5 Å². The number of aromatic nitrogens is 2. The molecule has 0 bridgehead atoms. The molecule has 1 aromatic carbocycles. The summed E-state index contributed by atoms with van der Waals surface area (Å²) in [5, 5.41) is 10.1. The van der Waals surface area contributed by atoms with E-state index in [1.165, 1.54) is 23.5 Å². The van der Waals surface area contributed by atoms with Crippen molar-refractivity contribution in [3.8, 4) is 0 Å². The van der Waals surface area contributed by atoms with Crippen LogP contribution in [-0.4, -0.2) is 17.2 Å². The smallest absolute Gasteiger partial charge is 0.208 e. The highest BCUT2D eigenvalue weighted by molar-refractivity contribution is 7.15. The van der Waals surface area contributed by atoms with E-state index >= 15 is 0 Å². The summed E-state index contributed by atoms with van der Waals surface area (Å²) < 4.78 is 18.2. The van der Waals surface area contributed by atoms with Gasteiger partial charge in [-0.15, -0.1) is 10.2 Å². The molecular weight excluding hydrogens is 289 g/mol. The van der Waals surface area contributed by atoms with Crippen LogP contribution < -0.4 is 4.90 Å². The van der Waals surface area contributed by atoms with Crippen LogP contribution in [0.15, 0.2) is 47.1 Å². The van der Waals surface area contributed by atoms with E-state index < -0.39 is 0 Å². The first-order valence-corrected chi connectivity index (χ1v) is 7.33. The molecule has 0 spiro atoms. The molecular formula is C15H14FN3OS. The van der Waals surface area contributed by atoms with Gasteiger partial charge in [0.25, 0.3) is 0 Å². The number of nitrogens with zero attached hydrogens (tertiary/aromatic N) is 3. The second-order valence-electron chi connectivity index (χ2n) is 4.72. The molecule has 2 heterocycles. The van der Waals surface area contributed by atoms with Crippen LogP contribution in [0.2, 0.25) is 0 Å². The van der Waals surface area contributed by atoms with E-state index in [4.69, 9.17) is 4.42 Å². The van der Waals surface area contributed by atoms with Crippen LogP contribution in [-0.2, 0) is 13.0 Å². The minimum atomic E-state index is -0.227. The van der Waals surface area contributed by atoms with Crippen LogP contribution in [0.25, 0.3) is 0 Å². The Morgan fingerprint density at radius 3 is 2.71 bits per heavy atom. The van der Waals surface area contributed by atoms with E-state index in [0.29, 0.717) is 13.0 Å². The molecule has 0 fully saturated rings. The summed E-state index contributed by atoms with van der Waals surface area (Å²) in [6, 6.07) is 10.2. The summed E-state index contributed by atoms with van der Waals surface area (Å²) in [5.41, 5.74) is 1.02. The maximum absolute atomic E-state index is 12.9. The number of rotatable bonds is 5. The molecule has 3 aromatic rings. The van der Waals surface area contributed by atoms with Gasteiger partial charge in [0.2, 0.25) is 5.13 Å². The van der Waals surface area contributed by atoms with Gasteiger partial charge in [0, 0.05) is 13.5 Å². The first-order chi connectivity index (χ1) is 10.2. The lowest BCUT2D eigenvalue weighted by Gasteiger charge is -2.12. The van der Waals surface area contributed by atoms with Crippen molar-refractivity contribution < 1.29 is 8.81 Å². The first kappa shape index (κ1) is 13.8. The number of hydrogen-bond donors (Lipinski definition) is 0. The van der Waals surface area contributed by atoms with Crippen molar-refractivity contribution in [3.05, 3.63) is 64.8 Å². The third-order valence-corrected chi connectivity index (χ3v) is 4.06. The van der Waals surface area contributed by atoms with Crippen LogP contribution in [0.4, 0.5) is 9.52 Å². The van der Waals surface area contributed by atoms with E-state index in [1.54, 1.807) is 18.4 Å². The predicted molar refractivity (Wildman–Crippen MR) is 79.9 cm³/mol. The van der Waals surface area contributed by atoms with Crippen LogP contribution in [0, 0.1) is 5.82 Å². The average Bonchev–Trinajstić information content (AvgIpc) is 3.13. The van der Waals surface area contributed by atoms with Gasteiger partial charge in [0.1, 0.15) is 16.6 Å². The average molecular weight is 303 g/mol. The highest BCUT2D eigenvalue weighted by Gasteiger charge is 2.11. The fourth-order valence-corrected chi connectivity index (χ4v) is 2.78. The lowest BCUT2D eigenvalue weighted by molar-refractivity contribution is 0.507. The second kappa shape index (κ2) is 6.05. The fraction of sp³-hybridized carbons (Fsp3) is 0.200. The van der Waals surface area contributed by atoms with E-state index in [0.717, 1.165) is 21.5 Å². The van der Waals surface area contributed by atoms with Crippen molar-refractivity contribution in [1.29, 1.82) is 0 Å². The maximum atomic E-state index is 12.9. The van der Waals surface area contributed by atoms with Gasteiger partial charge >= 0.3 is 0 Å². The van der Waals surface area contributed by atoms with Crippen LogP contribution in [0.3, 0.4) is 0 Å². The molecule has 0 N–H and O–H groups in total. The first-order valence-electron chi connectivity index (χ1n) is 6.51. The zero-order valence-electron chi connectivity index (χ0n) is 11.5. The monoisotopic (exact) mass is 303 g/mol. The van der Waals surface area contributed by atoms with E-state index in [1.807, 2.05) is 24.1 Å². The van der Waals surface area contributed by atoms with E-state index in [9.17, 15) is 4.39 Å². The molecule has 0 aliphatic heterocycles. The largest absolute Gasteiger partial charge is 0.467 e. The number of benzene rings is 1. The molecule has 0 saturated carbocycles. The molecule has 4 nitrogen and oxygen atoms in total. The Labute approximate surface area is 125 Å². The van der Waals surface area contributed by atoms with Gasteiger partial charge in [-0.2, -0.15) is 0 Å². The molecule has 21 heavy (non-hydrogen) atoms. The van der Waals surface area contributed by atoms with Crippen molar-refractivity contribution in [2.75, 3.05) is 11.9 Å². The third-order valence-electron chi connectivity index (χ3n) is 3.02. The van der Waals surface area contributed by atoms with Gasteiger partial charge < -0.3 is 9.32 Å². The van der Waals surface area contributed by atoms with Gasteiger partial charge in [-0.05, 0) is 29.8 Å². The minimum Gasteiger partial charge on any atom is -0.467 e. The van der Waals surface area contributed by atoms with Gasteiger partial charge in [-0.1, -0.05) is 23.5 Å². The summed E-state index contributed by atoms with van der Waals surface area (Å²) in [6.07, 6.45) is 2.32. The molecule has 2 aromatic heterocycles. The Morgan fingerprint density at radius 1 is 1.19 bits per heavy atom. The fourth-order valence-electron chi connectivity index (χ4n) is 1.95. The molecule has 0 saturated heterocycles. The summed E-state index contributed by atoms with van der Waals surface area (Å²) in [5.74, 6) is 0.655. The van der Waals surface area contributed by atoms with Gasteiger partial charge in [0.05, 0.1) is 12.8 Å². The summed E-state index contributed by atoms with van der Waals surface area (Å²) in [7, 11) is 1.95. The normalized spacial score (nSPS) is 10.8. The van der Waals surface area contributed by atoms with Crippen LogP contribution in [0.5, 0.6) is 0 Å². The minimum absolute atomic E-state index is 0.227. The molecule has 3 rings (SSSR count). The highest BCUT2D eigenvalue weighted by Crippen LogP contribution is 2.23. The van der Waals surface area contributed by atoms with Crippen LogP contribution in [0.1, 0.15) is 16.3 Å². The van der Waals surface area contributed by atoms with Gasteiger partial charge in [-0.3, -0.25) is 0 Å². The van der Waals surface area contributed by atoms with Gasteiger partial charge in [0.15, 0.2) is 0 Å². The van der Waals surface area contributed by atoms with E-state index in [-0.39, 0.29) is 5.82 Å². The SMILES string of the molecule is CN(Cc1ccco1)c1nnc(Cc2ccc(F)cc2)s1. The van der Waals surface area contributed by atoms with E-state index in [2.05, 4.69) is 10.2 Å². The molecule has 0 unspecified atom stereocenters. The topological polar surface area (TPSA) is 42.2 Å². The van der Waals surface area contributed by atoms with Gasteiger partial charge in [-0.25, -0.2) is 4.39 Å². The Balaban J connectivity index is 1.66. The second-order valence-corrected chi connectivity index (χ2v) is 5.76. The number of hydrogen-bond acceptors (Lipinski definition) is 5.